The van der Waals surface area contributed by atoms with Crippen molar-refractivity contribution in [3.63, 3.8) is 0 Å². The van der Waals surface area contributed by atoms with Crippen molar-refractivity contribution in [1.82, 2.24) is 9.88 Å². The zero-order valence-electron chi connectivity index (χ0n) is 12.1. The summed E-state index contributed by atoms with van der Waals surface area (Å²) in [5, 5.41) is 0. The Bertz CT molecular complexity index is 358. The van der Waals surface area contributed by atoms with Crippen LogP contribution < -0.4 is 5.73 Å². The van der Waals surface area contributed by atoms with Gasteiger partial charge < -0.3 is 10.6 Å². The second-order valence-electron chi connectivity index (χ2n) is 6.11. The summed E-state index contributed by atoms with van der Waals surface area (Å²) >= 11 is 0. The molecule has 19 heavy (non-hydrogen) atoms. The van der Waals surface area contributed by atoms with Crippen molar-refractivity contribution in [2.24, 2.45) is 11.1 Å². The summed E-state index contributed by atoms with van der Waals surface area (Å²) in [6.45, 7) is 3.00. The number of hydrogen-bond donors (Lipinski definition) is 1. The van der Waals surface area contributed by atoms with Crippen molar-refractivity contribution in [1.29, 1.82) is 0 Å². The molecule has 1 heterocycles. The summed E-state index contributed by atoms with van der Waals surface area (Å²) in [5.74, 6) is 0. The van der Waals surface area contributed by atoms with Crippen molar-refractivity contribution >= 4 is 0 Å². The van der Waals surface area contributed by atoms with Gasteiger partial charge in [0.2, 0.25) is 0 Å². The van der Waals surface area contributed by atoms with Crippen LogP contribution in [-0.4, -0.2) is 30.0 Å². The molecule has 3 nitrogen and oxygen atoms in total. The van der Waals surface area contributed by atoms with Crippen LogP contribution >= 0.6 is 0 Å². The normalized spacial score (nSPS) is 18.7. The van der Waals surface area contributed by atoms with Crippen LogP contribution in [0, 0.1) is 5.41 Å². The molecule has 0 spiro atoms. The molecular formula is C16H27N3. The first kappa shape index (κ1) is 14.5. The molecule has 1 aromatic rings. The van der Waals surface area contributed by atoms with Crippen molar-refractivity contribution < 1.29 is 0 Å². The van der Waals surface area contributed by atoms with E-state index in [-0.39, 0.29) is 0 Å². The van der Waals surface area contributed by atoms with Gasteiger partial charge in [-0.3, -0.25) is 4.98 Å². The summed E-state index contributed by atoms with van der Waals surface area (Å²) in [5.41, 5.74) is 7.81. The third-order valence-electron chi connectivity index (χ3n) is 4.57. The van der Waals surface area contributed by atoms with Crippen LogP contribution in [0.3, 0.4) is 0 Å². The Morgan fingerprint density at radius 3 is 2.53 bits per heavy atom. The van der Waals surface area contributed by atoms with Crippen LogP contribution in [0.1, 0.15) is 44.1 Å². The van der Waals surface area contributed by atoms with Gasteiger partial charge in [-0.05, 0) is 62.5 Å². The Morgan fingerprint density at radius 2 is 1.89 bits per heavy atom. The quantitative estimate of drug-likeness (QED) is 0.856. The average Bonchev–Trinajstić information content (AvgIpc) is 2.47. The van der Waals surface area contributed by atoms with Crippen LogP contribution in [0.25, 0.3) is 0 Å². The van der Waals surface area contributed by atoms with Gasteiger partial charge in [-0.15, -0.1) is 0 Å². The second-order valence-corrected chi connectivity index (χ2v) is 6.11. The summed E-state index contributed by atoms with van der Waals surface area (Å²) in [7, 11) is 2.20. The monoisotopic (exact) mass is 261 g/mol. The number of pyridine rings is 1. The lowest BCUT2D eigenvalue weighted by atomic mass is 9.72. The Balaban J connectivity index is 1.80. The first-order chi connectivity index (χ1) is 9.24. The molecule has 0 bridgehead atoms. The van der Waals surface area contributed by atoms with Crippen molar-refractivity contribution in [2.75, 3.05) is 20.1 Å². The summed E-state index contributed by atoms with van der Waals surface area (Å²) in [6.07, 6.45) is 11.8. The van der Waals surface area contributed by atoms with Gasteiger partial charge in [0, 0.05) is 18.9 Å². The van der Waals surface area contributed by atoms with E-state index in [2.05, 4.69) is 29.1 Å². The molecule has 1 fully saturated rings. The van der Waals surface area contributed by atoms with E-state index in [1.54, 1.807) is 0 Å². The molecule has 3 heteroatoms. The van der Waals surface area contributed by atoms with Gasteiger partial charge in [0.15, 0.2) is 0 Å². The van der Waals surface area contributed by atoms with Crippen molar-refractivity contribution in [3.8, 4) is 0 Å². The molecule has 0 atom stereocenters. The lowest BCUT2D eigenvalue weighted by molar-refractivity contribution is 0.154. The maximum atomic E-state index is 6.05. The topological polar surface area (TPSA) is 42.1 Å². The molecule has 1 aliphatic rings. The van der Waals surface area contributed by atoms with Crippen molar-refractivity contribution in [2.45, 2.75) is 45.1 Å². The smallest absolute Gasteiger partial charge is 0.0271 e. The minimum absolute atomic E-state index is 0.421. The molecule has 2 rings (SSSR count). The summed E-state index contributed by atoms with van der Waals surface area (Å²) < 4.78 is 0. The highest BCUT2D eigenvalue weighted by Crippen LogP contribution is 2.38. The number of nitrogens with zero attached hydrogens (tertiary/aromatic N) is 2. The van der Waals surface area contributed by atoms with Crippen molar-refractivity contribution in [3.05, 3.63) is 30.1 Å². The maximum Gasteiger partial charge on any atom is 0.0271 e. The first-order valence-electron chi connectivity index (χ1n) is 7.52. The maximum absolute atomic E-state index is 6.05. The molecule has 1 aliphatic carbocycles. The van der Waals surface area contributed by atoms with Crippen LogP contribution in [0.4, 0.5) is 0 Å². The average molecular weight is 261 g/mol. The lowest BCUT2D eigenvalue weighted by Gasteiger charge is -2.37. The van der Waals surface area contributed by atoms with E-state index in [9.17, 15) is 0 Å². The van der Waals surface area contributed by atoms with E-state index >= 15 is 0 Å². The van der Waals surface area contributed by atoms with Gasteiger partial charge in [0.1, 0.15) is 0 Å². The first-order valence-corrected chi connectivity index (χ1v) is 7.52. The molecule has 0 aliphatic heterocycles. The van der Waals surface area contributed by atoms with E-state index in [0.717, 1.165) is 19.6 Å². The Hall–Kier alpha value is -0.930. The Kier molecular flexibility index (Phi) is 5.34. The van der Waals surface area contributed by atoms with Gasteiger partial charge >= 0.3 is 0 Å². The molecule has 1 saturated carbocycles. The zero-order valence-corrected chi connectivity index (χ0v) is 12.1. The van der Waals surface area contributed by atoms with Gasteiger partial charge in [0.25, 0.3) is 0 Å². The van der Waals surface area contributed by atoms with E-state index in [0.29, 0.717) is 5.41 Å². The zero-order chi connectivity index (χ0) is 13.6. The van der Waals surface area contributed by atoms with Gasteiger partial charge in [-0.2, -0.15) is 0 Å². The van der Waals surface area contributed by atoms with Gasteiger partial charge in [0.05, 0.1) is 0 Å². The minimum atomic E-state index is 0.421. The number of aromatic nitrogens is 1. The van der Waals surface area contributed by atoms with Crippen LogP contribution in [0.5, 0.6) is 0 Å². The SMILES string of the molecule is CN(CCC1(CN)CCCCC1)Cc1ccncc1. The van der Waals surface area contributed by atoms with E-state index < -0.39 is 0 Å². The van der Waals surface area contributed by atoms with Crippen LogP contribution in [0.15, 0.2) is 24.5 Å². The fourth-order valence-electron chi connectivity index (χ4n) is 3.16. The second kappa shape index (κ2) is 7.01. The molecule has 0 amide bonds. The highest BCUT2D eigenvalue weighted by molar-refractivity contribution is 5.09. The van der Waals surface area contributed by atoms with Crippen LogP contribution in [-0.2, 0) is 6.54 Å². The highest BCUT2D eigenvalue weighted by Gasteiger charge is 2.30. The largest absolute Gasteiger partial charge is 0.330 e. The van der Waals surface area contributed by atoms with E-state index in [4.69, 9.17) is 5.73 Å². The third-order valence-corrected chi connectivity index (χ3v) is 4.57. The fourth-order valence-corrected chi connectivity index (χ4v) is 3.16. The summed E-state index contributed by atoms with van der Waals surface area (Å²) in [4.78, 5) is 6.47. The Labute approximate surface area is 117 Å². The molecule has 0 saturated heterocycles. The van der Waals surface area contributed by atoms with Crippen LogP contribution in [0.2, 0.25) is 0 Å². The highest BCUT2D eigenvalue weighted by atomic mass is 15.1. The third kappa shape index (κ3) is 4.29. The molecule has 2 N–H and O–H groups in total. The molecule has 0 unspecified atom stereocenters. The molecule has 0 radical (unpaired) electrons. The predicted octanol–water partition coefficient (Wildman–Crippen LogP) is 2.81. The lowest BCUT2D eigenvalue weighted by Crippen LogP contribution is -2.36. The molecule has 1 aromatic heterocycles. The Morgan fingerprint density at radius 1 is 1.21 bits per heavy atom. The molecule has 106 valence electrons. The summed E-state index contributed by atoms with van der Waals surface area (Å²) in [6, 6.07) is 4.19. The number of hydrogen-bond acceptors (Lipinski definition) is 3. The standard InChI is InChI=1S/C16H27N3/c1-19(13-15-5-10-18-11-6-15)12-9-16(14-17)7-3-2-4-8-16/h5-6,10-11H,2-4,7-9,12-14,17H2,1H3. The predicted molar refractivity (Wildman–Crippen MR) is 79.8 cm³/mol. The molecular weight excluding hydrogens is 234 g/mol. The van der Waals surface area contributed by atoms with E-state index in [1.807, 2.05) is 12.4 Å². The van der Waals surface area contributed by atoms with Gasteiger partial charge in [-0.25, -0.2) is 0 Å². The fraction of sp³-hybridized carbons (Fsp3) is 0.688. The minimum Gasteiger partial charge on any atom is -0.330 e. The molecule has 0 aromatic carbocycles. The number of rotatable bonds is 6. The number of nitrogens with two attached hydrogens (primary N) is 1. The van der Waals surface area contributed by atoms with E-state index in [1.165, 1.54) is 44.1 Å². The van der Waals surface area contributed by atoms with Gasteiger partial charge in [-0.1, -0.05) is 19.3 Å².